The summed E-state index contributed by atoms with van der Waals surface area (Å²) in [6.45, 7) is -0.547. The maximum Gasteiger partial charge on any atom is 0.313 e. The zero-order valence-electron chi connectivity index (χ0n) is 10.7. The van der Waals surface area contributed by atoms with Crippen LogP contribution in [0.3, 0.4) is 0 Å². The largest absolute Gasteiger partial charge is 0.481 e. The van der Waals surface area contributed by atoms with Gasteiger partial charge in [-0.15, -0.1) is 0 Å². The Bertz CT molecular complexity index is 619. The maximum absolute atomic E-state index is 12.4. The fourth-order valence-corrected chi connectivity index (χ4v) is 2.06. The number of aliphatic carboxylic acids is 1. The average Bonchev–Trinajstić information content (AvgIpc) is 2.48. The summed E-state index contributed by atoms with van der Waals surface area (Å²) in [5.74, 6) is -2.50. The number of hydrogen-bond donors (Lipinski definition) is 2. The molecule has 102 valence electrons. The van der Waals surface area contributed by atoms with E-state index in [2.05, 4.69) is 0 Å². The van der Waals surface area contributed by atoms with Crippen molar-refractivity contribution in [2.45, 2.75) is 5.92 Å². The lowest BCUT2D eigenvalue weighted by molar-refractivity contribution is -0.139. The molecule has 2 rings (SSSR count). The van der Waals surface area contributed by atoms with Crippen molar-refractivity contribution >= 4 is 11.8 Å². The lowest BCUT2D eigenvalue weighted by atomic mass is 9.90. The van der Waals surface area contributed by atoms with Crippen molar-refractivity contribution < 1.29 is 19.8 Å². The van der Waals surface area contributed by atoms with Gasteiger partial charge in [-0.2, -0.15) is 0 Å². The van der Waals surface area contributed by atoms with E-state index in [-0.39, 0.29) is 5.78 Å². The van der Waals surface area contributed by atoms with Crippen molar-refractivity contribution in [2.24, 2.45) is 0 Å². The Morgan fingerprint density at radius 3 is 2.15 bits per heavy atom. The first-order chi connectivity index (χ1) is 9.65. The van der Waals surface area contributed by atoms with Crippen LogP contribution < -0.4 is 0 Å². The van der Waals surface area contributed by atoms with Crippen molar-refractivity contribution in [1.82, 2.24) is 0 Å². The summed E-state index contributed by atoms with van der Waals surface area (Å²) >= 11 is 0. The fraction of sp³-hybridized carbons (Fsp3) is 0.125. The van der Waals surface area contributed by atoms with E-state index in [9.17, 15) is 14.7 Å². The molecular formula is C16H14O4. The van der Waals surface area contributed by atoms with Gasteiger partial charge in [0.25, 0.3) is 0 Å². The Labute approximate surface area is 116 Å². The van der Waals surface area contributed by atoms with Gasteiger partial charge in [-0.05, 0) is 5.56 Å². The van der Waals surface area contributed by atoms with Crippen molar-refractivity contribution in [2.75, 3.05) is 6.61 Å². The number of carboxylic acids is 1. The smallest absolute Gasteiger partial charge is 0.313 e. The Hall–Kier alpha value is -2.46. The third-order valence-corrected chi connectivity index (χ3v) is 3.10. The van der Waals surface area contributed by atoms with Gasteiger partial charge < -0.3 is 10.2 Å². The van der Waals surface area contributed by atoms with Gasteiger partial charge in [-0.3, -0.25) is 9.59 Å². The van der Waals surface area contributed by atoms with Crippen molar-refractivity contribution in [3.63, 3.8) is 0 Å². The van der Waals surface area contributed by atoms with Crippen LogP contribution in [0.25, 0.3) is 0 Å². The van der Waals surface area contributed by atoms with Gasteiger partial charge >= 0.3 is 5.97 Å². The molecule has 0 heterocycles. The average molecular weight is 270 g/mol. The molecule has 4 nitrogen and oxygen atoms in total. The van der Waals surface area contributed by atoms with Crippen LogP contribution in [0.15, 0.2) is 54.6 Å². The molecule has 0 aliphatic carbocycles. The molecule has 2 aromatic carbocycles. The van der Waals surface area contributed by atoms with Gasteiger partial charge in [0.15, 0.2) is 5.78 Å². The van der Waals surface area contributed by atoms with E-state index in [1.165, 1.54) is 0 Å². The number of carbonyl (C=O) groups excluding carboxylic acids is 1. The standard InChI is InChI=1S/C16H14O4/c17-10-14(16(19)20)12-8-4-5-9-13(12)15(18)11-6-2-1-3-7-11/h1-9,14,17H,10H2,(H,19,20). The molecule has 0 aliphatic heterocycles. The van der Waals surface area contributed by atoms with Crippen molar-refractivity contribution in [3.05, 3.63) is 71.3 Å². The number of aliphatic hydroxyl groups is 1. The minimum atomic E-state index is -1.15. The van der Waals surface area contributed by atoms with E-state index in [1.54, 1.807) is 54.6 Å². The highest BCUT2D eigenvalue weighted by atomic mass is 16.4. The van der Waals surface area contributed by atoms with Gasteiger partial charge in [0.1, 0.15) is 5.92 Å². The van der Waals surface area contributed by atoms with Crippen LogP contribution in [0.4, 0.5) is 0 Å². The van der Waals surface area contributed by atoms with E-state index in [4.69, 9.17) is 5.11 Å². The number of hydrogen-bond acceptors (Lipinski definition) is 3. The third kappa shape index (κ3) is 2.75. The first kappa shape index (κ1) is 14.0. The topological polar surface area (TPSA) is 74.6 Å². The second kappa shape index (κ2) is 6.12. The van der Waals surface area contributed by atoms with Crippen LogP contribution >= 0.6 is 0 Å². The molecule has 0 saturated heterocycles. The number of carboxylic acid groups (broad SMARTS) is 1. The van der Waals surface area contributed by atoms with E-state index < -0.39 is 18.5 Å². The lowest BCUT2D eigenvalue weighted by Crippen LogP contribution is -2.19. The molecule has 20 heavy (non-hydrogen) atoms. The summed E-state index contributed by atoms with van der Waals surface area (Å²) in [7, 11) is 0. The van der Waals surface area contributed by atoms with E-state index in [1.807, 2.05) is 0 Å². The Morgan fingerprint density at radius 2 is 1.55 bits per heavy atom. The second-order valence-electron chi connectivity index (χ2n) is 4.36. The third-order valence-electron chi connectivity index (χ3n) is 3.10. The number of aliphatic hydroxyl groups excluding tert-OH is 1. The van der Waals surface area contributed by atoms with E-state index in [0.717, 1.165) is 0 Å². The lowest BCUT2D eigenvalue weighted by Gasteiger charge is -2.14. The summed E-state index contributed by atoms with van der Waals surface area (Å²) in [6.07, 6.45) is 0. The summed E-state index contributed by atoms with van der Waals surface area (Å²) < 4.78 is 0. The first-order valence-corrected chi connectivity index (χ1v) is 6.17. The molecule has 0 amide bonds. The van der Waals surface area contributed by atoms with E-state index >= 15 is 0 Å². The molecule has 1 atom stereocenters. The predicted octanol–water partition coefficient (Wildman–Crippen LogP) is 2.08. The quantitative estimate of drug-likeness (QED) is 0.816. The highest BCUT2D eigenvalue weighted by Crippen LogP contribution is 2.23. The Morgan fingerprint density at radius 1 is 0.950 bits per heavy atom. The zero-order chi connectivity index (χ0) is 14.5. The van der Waals surface area contributed by atoms with Crippen molar-refractivity contribution in [3.8, 4) is 0 Å². The summed E-state index contributed by atoms with van der Waals surface area (Å²) in [5, 5.41) is 18.4. The van der Waals surface area contributed by atoms with Crippen LogP contribution in [0.2, 0.25) is 0 Å². The Kier molecular flexibility index (Phi) is 4.27. The molecule has 2 N–H and O–H groups in total. The van der Waals surface area contributed by atoms with E-state index in [0.29, 0.717) is 16.7 Å². The first-order valence-electron chi connectivity index (χ1n) is 6.17. The SMILES string of the molecule is O=C(c1ccccc1)c1ccccc1C(CO)C(=O)O. The molecule has 0 radical (unpaired) electrons. The zero-order valence-corrected chi connectivity index (χ0v) is 10.7. The number of rotatable bonds is 5. The Balaban J connectivity index is 2.48. The molecule has 0 saturated carbocycles. The van der Waals surface area contributed by atoms with Crippen LogP contribution in [0.5, 0.6) is 0 Å². The second-order valence-corrected chi connectivity index (χ2v) is 4.36. The monoisotopic (exact) mass is 270 g/mol. The van der Waals surface area contributed by atoms with Gasteiger partial charge in [0.05, 0.1) is 6.61 Å². The van der Waals surface area contributed by atoms with Crippen LogP contribution in [0, 0.1) is 0 Å². The molecule has 0 fully saturated rings. The molecule has 1 unspecified atom stereocenters. The highest BCUT2D eigenvalue weighted by molar-refractivity contribution is 6.10. The van der Waals surface area contributed by atoms with Crippen LogP contribution in [-0.4, -0.2) is 28.6 Å². The normalized spacial score (nSPS) is 11.8. The number of carbonyl (C=O) groups is 2. The number of ketones is 1. The summed E-state index contributed by atoms with van der Waals surface area (Å²) in [4.78, 5) is 23.6. The predicted molar refractivity (Wildman–Crippen MR) is 73.8 cm³/mol. The fourth-order valence-electron chi connectivity index (χ4n) is 2.06. The molecule has 0 aromatic heterocycles. The molecule has 2 aromatic rings. The summed E-state index contributed by atoms with van der Waals surface area (Å²) in [6, 6.07) is 15.1. The number of benzene rings is 2. The maximum atomic E-state index is 12.4. The molecule has 4 heteroatoms. The van der Waals surface area contributed by atoms with Gasteiger partial charge in [0, 0.05) is 11.1 Å². The molecule has 0 spiro atoms. The summed E-state index contributed by atoms with van der Waals surface area (Å²) in [5.41, 5.74) is 1.12. The van der Waals surface area contributed by atoms with Crippen molar-refractivity contribution in [1.29, 1.82) is 0 Å². The van der Waals surface area contributed by atoms with Gasteiger partial charge in [-0.1, -0.05) is 54.6 Å². The van der Waals surface area contributed by atoms with Gasteiger partial charge in [0.2, 0.25) is 0 Å². The minimum Gasteiger partial charge on any atom is -0.481 e. The molecular weight excluding hydrogens is 256 g/mol. The van der Waals surface area contributed by atoms with Crippen LogP contribution in [-0.2, 0) is 4.79 Å². The molecule has 0 bridgehead atoms. The van der Waals surface area contributed by atoms with Gasteiger partial charge in [-0.25, -0.2) is 0 Å². The minimum absolute atomic E-state index is 0.249. The van der Waals surface area contributed by atoms with Crippen LogP contribution in [0.1, 0.15) is 27.4 Å². The highest BCUT2D eigenvalue weighted by Gasteiger charge is 2.24. The molecule has 0 aliphatic rings.